The van der Waals surface area contributed by atoms with Crippen molar-refractivity contribution in [1.82, 2.24) is 15.1 Å². The van der Waals surface area contributed by atoms with Crippen molar-refractivity contribution in [2.75, 3.05) is 0 Å². The van der Waals surface area contributed by atoms with Crippen LogP contribution in [-0.2, 0) is 6.54 Å². The third-order valence-electron chi connectivity index (χ3n) is 3.47. The first-order chi connectivity index (χ1) is 13.0. The van der Waals surface area contributed by atoms with Crippen LogP contribution < -0.4 is 11.3 Å². The fraction of sp³-hybridized carbons (Fsp3) is 0.0588. The lowest BCUT2D eigenvalue weighted by atomic mass is 10.2. The summed E-state index contributed by atoms with van der Waals surface area (Å²) in [4.78, 5) is 21.4. The molecule has 0 atom stereocenters. The molecule has 0 saturated carbocycles. The number of hydrogen-bond donors (Lipinski definition) is 2. The number of nitrogens with zero attached hydrogens (tertiary/aromatic N) is 3. The molecule has 0 aliphatic rings. The Balaban J connectivity index is 1.97. The van der Waals surface area contributed by atoms with Crippen LogP contribution in [-0.4, -0.2) is 20.8 Å². The van der Waals surface area contributed by atoms with Gasteiger partial charge in [-0.1, -0.05) is 17.3 Å². The van der Waals surface area contributed by atoms with E-state index in [9.17, 15) is 18.0 Å². The van der Waals surface area contributed by atoms with Crippen molar-refractivity contribution in [2.24, 2.45) is 10.7 Å². The van der Waals surface area contributed by atoms with Gasteiger partial charge in [0.2, 0.25) is 5.82 Å². The summed E-state index contributed by atoms with van der Waals surface area (Å²) in [5.74, 6) is -3.15. The summed E-state index contributed by atoms with van der Waals surface area (Å²) in [7, 11) is 0. The van der Waals surface area contributed by atoms with Gasteiger partial charge in [-0.25, -0.2) is 13.8 Å². The second kappa shape index (κ2) is 7.68. The molecule has 0 amide bonds. The maximum atomic E-state index is 13.8. The normalized spacial score (nSPS) is 12.4. The van der Waals surface area contributed by atoms with Crippen molar-refractivity contribution in [1.29, 1.82) is 0 Å². The van der Waals surface area contributed by atoms with Crippen molar-refractivity contribution >= 4 is 11.4 Å². The zero-order valence-electron chi connectivity index (χ0n) is 13.6. The molecule has 0 saturated heterocycles. The van der Waals surface area contributed by atoms with Crippen LogP contribution in [0.25, 0.3) is 5.70 Å². The number of benzene rings is 1. The van der Waals surface area contributed by atoms with E-state index in [1.54, 1.807) is 0 Å². The van der Waals surface area contributed by atoms with Gasteiger partial charge in [-0.3, -0.25) is 9.79 Å². The molecule has 3 rings (SSSR count). The van der Waals surface area contributed by atoms with Crippen LogP contribution in [0.15, 0.2) is 57.1 Å². The second-order valence-corrected chi connectivity index (χ2v) is 5.31. The number of halogens is 3. The summed E-state index contributed by atoms with van der Waals surface area (Å²) in [5, 5.41) is 3.72. The quantitative estimate of drug-likeness (QED) is 0.664. The molecule has 27 heavy (non-hydrogen) atoms. The van der Waals surface area contributed by atoms with E-state index in [4.69, 9.17) is 10.3 Å². The number of rotatable bonds is 5. The average Bonchev–Trinajstić information content (AvgIpc) is 3.18. The first-order valence-electron chi connectivity index (χ1n) is 7.56. The van der Waals surface area contributed by atoms with Gasteiger partial charge in [0, 0.05) is 11.6 Å². The fourth-order valence-corrected chi connectivity index (χ4v) is 2.13. The van der Waals surface area contributed by atoms with E-state index < -0.39 is 23.0 Å². The van der Waals surface area contributed by atoms with Crippen LogP contribution in [0.5, 0.6) is 0 Å². The third-order valence-corrected chi connectivity index (χ3v) is 3.47. The highest BCUT2D eigenvalue weighted by Gasteiger charge is 2.11. The Morgan fingerprint density at radius 2 is 2.07 bits per heavy atom. The van der Waals surface area contributed by atoms with Gasteiger partial charge in [-0.15, -0.1) is 0 Å². The highest BCUT2D eigenvalue weighted by atomic mass is 19.2. The lowest BCUT2D eigenvalue weighted by molar-refractivity contribution is 0.418. The highest BCUT2D eigenvalue weighted by molar-refractivity contribution is 6.10. The highest BCUT2D eigenvalue weighted by Crippen LogP contribution is 2.14. The Hall–Kier alpha value is -3.69. The Kier molecular flexibility index (Phi) is 5.15. The molecule has 10 heteroatoms. The molecule has 1 aromatic carbocycles. The zero-order chi connectivity index (χ0) is 19.4. The molecule has 0 fully saturated rings. The Morgan fingerprint density at radius 1 is 1.26 bits per heavy atom. The van der Waals surface area contributed by atoms with Gasteiger partial charge in [-0.05, 0) is 12.1 Å². The number of nitrogens with one attached hydrogen (secondary N) is 1. The molecule has 3 N–H and O–H groups in total. The number of hydrogen-bond acceptors (Lipinski definition) is 6. The van der Waals surface area contributed by atoms with Gasteiger partial charge in [0.05, 0.1) is 24.2 Å². The topological polar surface area (TPSA) is 110 Å². The largest absolute Gasteiger partial charge is 0.396 e. The van der Waals surface area contributed by atoms with E-state index in [1.165, 1.54) is 30.5 Å². The average molecular weight is 375 g/mol. The second-order valence-electron chi connectivity index (χ2n) is 5.31. The van der Waals surface area contributed by atoms with E-state index in [-0.39, 0.29) is 35.0 Å². The lowest BCUT2D eigenvalue weighted by Gasteiger charge is -2.04. The summed E-state index contributed by atoms with van der Waals surface area (Å²) in [6.07, 6.45) is 3.31. The number of allylic oxidation sites excluding steroid dienone is 1. The SMILES string of the molecule is N/C(=C\C(=NCc1cccc(F)c1F)c1ccon1)c1ncc(F)c(=O)[nH]1. The first-order valence-corrected chi connectivity index (χ1v) is 7.56. The summed E-state index contributed by atoms with van der Waals surface area (Å²) in [6, 6.07) is 5.21. The van der Waals surface area contributed by atoms with Crippen LogP contribution in [0.1, 0.15) is 17.1 Å². The predicted molar refractivity (Wildman–Crippen MR) is 90.1 cm³/mol. The summed E-state index contributed by atoms with van der Waals surface area (Å²) >= 11 is 0. The van der Waals surface area contributed by atoms with E-state index in [0.29, 0.717) is 0 Å². The molecule has 0 unspecified atom stereocenters. The molecule has 0 radical (unpaired) electrons. The minimum Gasteiger partial charge on any atom is -0.396 e. The van der Waals surface area contributed by atoms with Crippen molar-refractivity contribution in [2.45, 2.75) is 6.54 Å². The Bertz CT molecular complexity index is 1070. The first kappa shape index (κ1) is 18.1. The number of aliphatic imine (C=N–C) groups is 1. The Labute approximate surface area is 150 Å². The Morgan fingerprint density at radius 3 is 2.78 bits per heavy atom. The maximum absolute atomic E-state index is 13.8. The number of H-pyrrole nitrogens is 1. The molecule has 138 valence electrons. The molecule has 3 aromatic rings. The van der Waals surface area contributed by atoms with E-state index in [2.05, 4.69) is 20.1 Å². The zero-order valence-corrected chi connectivity index (χ0v) is 13.6. The molecular weight excluding hydrogens is 363 g/mol. The molecule has 2 aromatic heterocycles. The summed E-state index contributed by atoms with van der Waals surface area (Å²) in [5.41, 5.74) is 5.29. The van der Waals surface area contributed by atoms with E-state index in [0.717, 1.165) is 12.3 Å². The fourth-order valence-electron chi connectivity index (χ4n) is 2.13. The molecule has 7 nitrogen and oxygen atoms in total. The summed E-state index contributed by atoms with van der Waals surface area (Å²) < 4.78 is 44.9. The summed E-state index contributed by atoms with van der Waals surface area (Å²) in [6.45, 7) is -0.205. The van der Waals surface area contributed by atoms with Crippen LogP contribution in [0, 0.1) is 17.5 Å². The third kappa shape index (κ3) is 4.11. The van der Waals surface area contributed by atoms with Crippen LogP contribution in [0.4, 0.5) is 13.2 Å². The molecule has 0 aliphatic carbocycles. The van der Waals surface area contributed by atoms with Gasteiger partial charge in [0.25, 0.3) is 5.56 Å². The minimum atomic E-state index is -1.06. The molecule has 0 bridgehead atoms. The minimum absolute atomic E-state index is 0.0243. The van der Waals surface area contributed by atoms with Crippen molar-refractivity contribution < 1.29 is 17.7 Å². The monoisotopic (exact) mass is 375 g/mol. The van der Waals surface area contributed by atoms with Crippen molar-refractivity contribution in [3.8, 4) is 0 Å². The van der Waals surface area contributed by atoms with Gasteiger partial charge < -0.3 is 15.2 Å². The molecule has 0 aliphatic heterocycles. The van der Waals surface area contributed by atoms with Crippen molar-refractivity contribution in [3.05, 3.63) is 87.7 Å². The standard InChI is InChI=1S/C17H12F3N5O2/c18-10-3-1-2-9(15(10)20)7-22-14(13-4-5-27-25-13)6-12(21)16-23-8-11(19)17(26)24-16/h1-6,8H,7,21H2,(H,23,24,26)/b12-6-,22-14?. The number of aromatic nitrogens is 3. The van der Waals surface area contributed by atoms with Gasteiger partial charge >= 0.3 is 0 Å². The van der Waals surface area contributed by atoms with Gasteiger partial charge in [-0.2, -0.15) is 4.39 Å². The van der Waals surface area contributed by atoms with Crippen LogP contribution in [0.2, 0.25) is 0 Å². The van der Waals surface area contributed by atoms with Gasteiger partial charge in [0.1, 0.15) is 12.0 Å². The van der Waals surface area contributed by atoms with Crippen molar-refractivity contribution in [3.63, 3.8) is 0 Å². The smallest absolute Gasteiger partial charge is 0.287 e. The number of aromatic amines is 1. The maximum Gasteiger partial charge on any atom is 0.287 e. The molecule has 0 spiro atoms. The van der Waals surface area contributed by atoms with E-state index in [1.807, 2.05) is 0 Å². The molecular formula is C17H12F3N5O2. The van der Waals surface area contributed by atoms with Crippen LogP contribution >= 0.6 is 0 Å². The van der Waals surface area contributed by atoms with Gasteiger partial charge in [0.15, 0.2) is 17.5 Å². The van der Waals surface area contributed by atoms with Crippen LogP contribution in [0.3, 0.4) is 0 Å². The number of nitrogens with two attached hydrogens (primary N) is 1. The predicted octanol–water partition coefficient (Wildman–Crippen LogP) is 2.16. The lowest BCUT2D eigenvalue weighted by Crippen LogP contribution is -2.17. The van der Waals surface area contributed by atoms with E-state index >= 15 is 0 Å². The molecule has 2 heterocycles.